The second kappa shape index (κ2) is 9.52. The first-order valence-corrected chi connectivity index (χ1v) is 10.0. The van der Waals surface area contributed by atoms with Gasteiger partial charge >= 0.3 is 0 Å². The SMILES string of the molecule is Nc1scc(-c2ccc(Cl)cc2)c1C(=O)CO.O=CC1=Cc2ccccc2NC1. The largest absolute Gasteiger partial charge is 0.390 e. The molecule has 0 amide bonds. The Kier molecular flexibility index (Phi) is 6.82. The van der Waals surface area contributed by atoms with Gasteiger partial charge < -0.3 is 16.2 Å². The Morgan fingerprint density at radius 3 is 2.62 bits per heavy atom. The number of aliphatic hydroxyl groups excluding tert-OH is 1. The van der Waals surface area contributed by atoms with Gasteiger partial charge in [0.05, 0.1) is 10.6 Å². The number of rotatable bonds is 4. The summed E-state index contributed by atoms with van der Waals surface area (Å²) in [5, 5.41) is 15.0. The molecule has 1 aliphatic rings. The van der Waals surface area contributed by atoms with Crippen LogP contribution in [0.3, 0.4) is 0 Å². The highest BCUT2D eigenvalue weighted by Gasteiger charge is 2.17. The predicted molar refractivity (Wildman–Crippen MR) is 120 cm³/mol. The Hall–Kier alpha value is -2.93. The van der Waals surface area contributed by atoms with E-state index in [1.54, 1.807) is 12.1 Å². The average Bonchev–Trinajstić information content (AvgIpc) is 3.15. The first-order valence-electron chi connectivity index (χ1n) is 8.79. The van der Waals surface area contributed by atoms with Crippen LogP contribution in [-0.2, 0) is 4.79 Å². The Balaban J connectivity index is 0.000000176. The minimum Gasteiger partial charge on any atom is -0.390 e. The van der Waals surface area contributed by atoms with Gasteiger partial charge in [-0.15, -0.1) is 11.3 Å². The average molecular weight is 427 g/mol. The molecule has 0 aliphatic carbocycles. The van der Waals surface area contributed by atoms with Crippen molar-refractivity contribution in [1.82, 2.24) is 0 Å². The molecule has 5 nitrogen and oxygen atoms in total. The normalized spacial score (nSPS) is 12.0. The minimum absolute atomic E-state index is 0.367. The lowest BCUT2D eigenvalue weighted by Crippen LogP contribution is -2.10. The van der Waals surface area contributed by atoms with Gasteiger partial charge in [0.1, 0.15) is 12.9 Å². The molecule has 1 aliphatic heterocycles. The summed E-state index contributed by atoms with van der Waals surface area (Å²) in [5.41, 5.74) is 10.7. The molecule has 0 radical (unpaired) electrons. The van der Waals surface area contributed by atoms with E-state index in [1.807, 2.05) is 47.9 Å². The van der Waals surface area contributed by atoms with Crippen molar-refractivity contribution in [3.05, 3.63) is 75.6 Å². The number of nitrogens with one attached hydrogen (secondary N) is 1. The summed E-state index contributed by atoms with van der Waals surface area (Å²) in [6.07, 6.45) is 2.81. The number of ketones is 1. The highest BCUT2D eigenvalue weighted by molar-refractivity contribution is 7.15. The van der Waals surface area contributed by atoms with Crippen molar-refractivity contribution in [2.75, 3.05) is 24.2 Å². The number of fused-ring (bicyclic) bond motifs is 1. The quantitative estimate of drug-likeness (QED) is 0.421. The van der Waals surface area contributed by atoms with Crippen LogP contribution in [0.2, 0.25) is 5.02 Å². The molecule has 29 heavy (non-hydrogen) atoms. The maximum absolute atomic E-state index is 11.6. The standard InChI is InChI=1S/C12H10ClNO2S.C10H9NO/c13-8-3-1-7(2-4-8)9-6-17-12(14)11(9)10(16)5-15;12-7-8-5-9-3-1-2-4-10(9)11-6-8/h1-4,6,15H,5,14H2;1-5,7,11H,6H2. The van der Waals surface area contributed by atoms with Crippen molar-refractivity contribution in [1.29, 1.82) is 0 Å². The summed E-state index contributed by atoms with van der Waals surface area (Å²) in [4.78, 5) is 22.1. The van der Waals surface area contributed by atoms with Gasteiger partial charge in [-0.2, -0.15) is 0 Å². The molecule has 0 atom stereocenters. The van der Waals surface area contributed by atoms with E-state index in [9.17, 15) is 9.59 Å². The molecule has 0 unspecified atom stereocenters. The summed E-state index contributed by atoms with van der Waals surface area (Å²) in [6.45, 7) is 0.0992. The Bertz CT molecular complexity index is 1060. The Morgan fingerprint density at radius 2 is 1.93 bits per heavy atom. The van der Waals surface area contributed by atoms with E-state index in [4.69, 9.17) is 22.4 Å². The molecule has 3 aromatic rings. The third-order valence-electron chi connectivity index (χ3n) is 4.33. The third kappa shape index (κ3) is 4.92. The number of nitrogens with two attached hydrogens (primary N) is 1. The molecule has 0 fully saturated rings. The highest BCUT2D eigenvalue weighted by Crippen LogP contribution is 2.34. The molecule has 0 saturated heterocycles. The monoisotopic (exact) mass is 426 g/mol. The van der Waals surface area contributed by atoms with E-state index < -0.39 is 6.61 Å². The maximum atomic E-state index is 11.6. The van der Waals surface area contributed by atoms with Gasteiger partial charge in [-0.3, -0.25) is 9.59 Å². The van der Waals surface area contributed by atoms with Crippen molar-refractivity contribution in [3.63, 3.8) is 0 Å². The number of aliphatic hydroxyl groups is 1. The lowest BCUT2D eigenvalue weighted by molar-refractivity contribution is -0.104. The van der Waals surface area contributed by atoms with Crippen molar-refractivity contribution in [3.8, 4) is 11.1 Å². The van der Waals surface area contributed by atoms with Crippen LogP contribution in [0.15, 0.2) is 59.5 Å². The number of anilines is 2. The minimum atomic E-state index is -0.540. The van der Waals surface area contributed by atoms with Crippen LogP contribution >= 0.6 is 22.9 Å². The van der Waals surface area contributed by atoms with Crippen LogP contribution in [0.5, 0.6) is 0 Å². The third-order valence-corrected chi connectivity index (χ3v) is 5.40. The number of halogens is 1. The first kappa shape index (κ1) is 20.8. The van der Waals surface area contributed by atoms with Gasteiger partial charge in [-0.1, -0.05) is 41.9 Å². The van der Waals surface area contributed by atoms with Gasteiger partial charge in [-0.05, 0) is 35.4 Å². The Morgan fingerprint density at radius 1 is 1.21 bits per heavy atom. The number of hydrogen-bond donors (Lipinski definition) is 3. The fourth-order valence-electron chi connectivity index (χ4n) is 2.89. The number of hydrogen-bond acceptors (Lipinski definition) is 6. The molecule has 2 heterocycles. The van der Waals surface area contributed by atoms with Crippen LogP contribution in [0, 0.1) is 0 Å². The zero-order chi connectivity index (χ0) is 20.8. The number of Topliss-reactive ketones (excluding diaryl/α,β-unsaturated/α-hetero) is 1. The lowest BCUT2D eigenvalue weighted by Gasteiger charge is -2.14. The second-order valence-electron chi connectivity index (χ2n) is 6.25. The van der Waals surface area contributed by atoms with E-state index in [0.717, 1.165) is 34.2 Å². The van der Waals surface area contributed by atoms with Gasteiger partial charge in [0.15, 0.2) is 5.78 Å². The zero-order valence-corrected chi connectivity index (χ0v) is 17.0. The fraction of sp³-hybridized carbons (Fsp3) is 0.0909. The Labute approximate surface area is 177 Å². The number of carbonyl (C=O) groups excluding carboxylic acids is 2. The van der Waals surface area contributed by atoms with E-state index in [-0.39, 0.29) is 5.78 Å². The highest BCUT2D eigenvalue weighted by atomic mass is 35.5. The van der Waals surface area contributed by atoms with Gasteiger partial charge in [0, 0.05) is 33.8 Å². The maximum Gasteiger partial charge on any atom is 0.191 e. The van der Waals surface area contributed by atoms with Gasteiger partial charge in [0.2, 0.25) is 0 Å². The molecule has 0 bridgehead atoms. The molecule has 7 heteroatoms. The van der Waals surface area contributed by atoms with Crippen LogP contribution in [0.25, 0.3) is 17.2 Å². The number of benzene rings is 2. The van der Waals surface area contributed by atoms with E-state index in [2.05, 4.69) is 5.32 Å². The van der Waals surface area contributed by atoms with Crippen molar-refractivity contribution in [2.45, 2.75) is 0 Å². The van der Waals surface area contributed by atoms with E-state index in [1.165, 1.54) is 11.3 Å². The van der Waals surface area contributed by atoms with E-state index >= 15 is 0 Å². The topological polar surface area (TPSA) is 92.4 Å². The fourth-order valence-corrected chi connectivity index (χ4v) is 3.86. The summed E-state index contributed by atoms with van der Waals surface area (Å²) in [5.74, 6) is -0.367. The smallest absolute Gasteiger partial charge is 0.191 e. The first-order chi connectivity index (χ1) is 14.0. The number of thiophene rings is 1. The molecule has 148 valence electrons. The number of nitrogen functional groups attached to an aromatic ring is 1. The van der Waals surface area contributed by atoms with Crippen molar-refractivity contribution < 1.29 is 14.7 Å². The molecule has 1 aromatic heterocycles. The van der Waals surface area contributed by atoms with Crippen molar-refractivity contribution in [2.24, 2.45) is 0 Å². The summed E-state index contributed by atoms with van der Waals surface area (Å²) < 4.78 is 0. The number of aldehydes is 1. The number of para-hydroxylation sites is 1. The molecular formula is C22H19ClN2O3S. The molecule has 0 spiro atoms. The number of carbonyl (C=O) groups is 2. The summed E-state index contributed by atoms with van der Waals surface area (Å²) >= 11 is 7.09. The molecular weight excluding hydrogens is 408 g/mol. The molecule has 4 rings (SSSR count). The van der Waals surface area contributed by atoms with Gasteiger partial charge in [-0.25, -0.2) is 0 Å². The van der Waals surface area contributed by atoms with Crippen LogP contribution in [0.4, 0.5) is 10.7 Å². The zero-order valence-electron chi connectivity index (χ0n) is 15.4. The van der Waals surface area contributed by atoms with E-state index in [0.29, 0.717) is 22.1 Å². The molecule has 2 aromatic carbocycles. The predicted octanol–water partition coefficient (Wildman–Crippen LogP) is 4.52. The lowest BCUT2D eigenvalue weighted by atomic mass is 10.0. The van der Waals surface area contributed by atoms with Gasteiger partial charge in [0.25, 0.3) is 0 Å². The van der Waals surface area contributed by atoms with Crippen molar-refractivity contribution >= 4 is 51.8 Å². The van der Waals surface area contributed by atoms with Crippen LogP contribution in [-0.4, -0.2) is 30.3 Å². The molecule has 0 saturated carbocycles. The summed E-state index contributed by atoms with van der Waals surface area (Å²) in [7, 11) is 0. The molecule has 4 N–H and O–H groups in total. The van der Waals surface area contributed by atoms with Crippen LogP contribution in [0.1, 0.15) is 15.9 Å². The van der Waals surface area contributed by atoms with Crippen LogP contribution < -0.4 is 11.1 Å². The summed E-state index contributed by atoms with van der Waals surface area (Å²) in [6, 6.07) is 15.1. The second-order valence-corrected chi connectivity index (χ2v) is 7.60.